The lowest BCUT2D eigenvalue weighted by Crippen LogP contribution is -2.63. The summed E-state index contributed by atoms with van der Waals surface area (Å²) >= 11 is 0. The predicted octanol–water partition coefficient (Wildman–Crippen LogP) is 3.18. The first-order valence-electron chi connectivity index (χ1n) is 12.4. The number of ketones is 2. The van der Waals surface area contributed by atoms with Crippen LogP contribution in [0.1, 0.15) is 53.9 Å². The largest absolute Gasteiger partial charge is 0.490 e. The Labute approximate surface area is 198 Å². The van der Waals surface area contributed by atoms with Crippen molar-refractivity contribution in [3.63, 3.8) is 0 Å². The van der Waals surface area contributed by atoms with Crippen molar-refractivity contribution in [3.8, 4) is 0 Å². The Morgan fingerprint density at radius 1 is 0.941 bits per heavy atom. The molecule has 34 heavy (non-hydrogen) atoms. The molecule has 5 heterocycles. The summed E-state index contributed by atoms with van der Waals surface area (Å²) in [6, 6.07) is 0. The minimum Gasteiger partial charge on any atom is -0.490 e. The van der Waals surface area contributed by atoms with E-state index in [0.717, 1.165) is 11.1 Å². The average Bonchev–Trinajstić information content (AvgIpc) is 3.29. The van der Waals surface area contributed by atoms with Gasteiger partial charge in [0, 0.05) is 40.7 Å². The highest BCUT2D eigenvalue weighted by Gasteiger charge is 2.80. The molecular formula is C27H30O7. The van der Waals surface area contributed by atoms with Crippen molar-refractivity contribution in [3.05, 3.63) is 35.1 Å². The zero-order valence-corrected chi connectivity index (χ0v) is 20.2. The summed E-state index contributed by atoms with van der Waals surface area (Å²) in [6.07, 6.45) is 6.10. The van der Waals surface area contributed by atoms with E-state index in [-0.39, 0.29) is 29.4 Å². The molecule has 0 aromatic heterocycles. The van der Waals surface area contributed by atoms with Crippen LogP contribution >= 0.6 is 0 Å². The molecule has 5 aliphatic heterocycles. The Bertz CT molecular complexity index is 1180. The van der Waals surface area contributed by atoms with Gasteiger partial charge in [-0.2, -0.15) is 0 Å². The van der Waals surface area contributed by atoms with Crippen molar-refractivity contribution >= 4 is 17.5 Å². The summed E-state index contributed by atoms with van der Waals surface area (Å²) in [7, 11) is 0. The van der Waals surface area contributed by atoms with E-state index in [2.05, 4.69) is 0 Å². The van der Waals surface area contributed by atoms with Crippen LogP contribution in [-0.4, -0.2) is 46.7 Å². The fourth-order valence-corrected chi connectivity index (χ4v) is 8.27. The van der Waals surface area contributed by atoms with Crippen molar-refractivity contribution in [1.82, 2.24) is 0 Å². The third-order valence-corrected chi connectivity index (χ3v) is 10.00. The molecule has 7 rings (SSSR count). The van der Waals surface area contributed by atoms with Gasteiger partial charge < -0.3 is 18.9 Å². The van der Waals surface area contributed by atoms with Gasteiger partial charge in [-0.05, 0) is 39.2 Å². The molecule has 2 bridgehead atoms. The number of hydrogen-bond donors (Lipinski definition) is 0. The molecule has 1 saturated carbocycles. The highest BCUT2D eigenvalue weighted by molar-refractivity contribution is 6.07. The third kappa shape index (κ3) is 2.12. The molecule has 0 N–H and O–H groups in total. The number of carbonyl (C=O) groups excluding carboxylic acids is 3. The second kappa shape index (κ2) is 5.93. The predicted molar refractivity (Wildman–Crippen MR) is 118 cm³/mol. The standard InChI is InChI=1S/C27H30O7/c1-12-17-19-18(13(2)23(30)32-19)33-27-20(17)25(5,21(12)28)8-9-26(34-27)10-14-11-31-24(3,4)15(14)6-7-16(26)22(27)29/h6-7,11-13,17-20H,8-10H2,1-5H3. The van der Waals surface area contributed by atoms with E-state index in [1.807, 2.05) is 39.8 Å². The number of ether oxygens (including phenoxy) is 4. The molecule has 9 unspecified atom stereocenters. The molecule has 0 aromatic carbocycles. The molecule has 2 aliphatic carbocycles. The summed E-state index contributed by atoms with van der Waals surface area (Å²) in [5.41, 5.74) is 0.496. The SMILES string of the molecule is CC1C(=O)OC2C1OC13OC4(CCC5(C)C(=O)C(C)C2C51)CC1=COC(C)(C)C1=CC=C4C3=O. The molecule has 180 valence electrons. The van der Waals surface area contributed by atoms with Crippen LogP contribution in [0.4, 0.5) is 0 Å². The van der Waals surface area contributed by atoms with E-state index in [1.54, 1.807) is 13.2 Å². The molecular weight excluding hydrogens is 436 g/mol. The first kappa shape index (κ1) is 21.1. The fraction of sp³-hybridized carbons (Fsp3) is 0.667. The Morgan fingerprint density at radius 3 is 2.44 bits per heavy atom. The number of carbonyl (C=O) groups is 3. The lowest BCUT2D eigenvalue weighted by Gasteiger charge is -2.49. The van der Waals surface area contributed by atoms with Gasteiger partial charge in [-0.15, -0.1) is 0 Å². The van der Waals surface area contributed by atoms with Gasteiger partial charge in [0.05, 0.1) is 12.2 Å². The number of rotatable bonds is 0. The number of fused-ring (bicyclic) bond motifs is 3. The maximum absolute atomic E-state index is 14.4. The molecule has 2 spiro atoms. The maximum atomic E-state index is 14.4. The molecule has 0 amide bonds. The van der Waals surface area contributed by atoms with Crippen LogP contribution in [0.2, 0.25) is 0 Å². The van der Waals surface area contributed by atoms with E-state index in [9.17, 15) is 14.4 Å². The summed E-state index contributed by atoms with van der Waals surface area (Å²) < 4.78 is 25.2. The topological polar surface area (TPSA) is 88.1 Å². The lowest BCUT2D eigenvalue weighted by atomic mass is 9.62. The second-order valence-corrected chi connectivity index (χ2v) is 12.1. The Balaban J connectivity index is 1.44. The number of allylic oxidation sites excluding steroid dienone is 2. The monoisotopic (exact) mass is 466 g/mol. The highest BCUT2D eigenvalue weighted by Crippen LogP contribution is 2.68. The van der Waals surface area contributed by atoms with Gasteiger partial charge in [-0.1, -0.05) is 26.0 Å². The van der Waals surface area contributed by atoms with Crippen LogP contribution < -0.4 is 0 Å². The van der Waals surface area contributed by atoms with Crippen molar-refractivity contribution in [1.29, 1.82) is 0 Å². The summed E-state index contributed by atoms with van der Waals surface area (Å²) in [5.74, 6) is -3.70. The summed E-state index contributed by atoms with van der Waals surface area (Å²) in [4.78, 5) is 40.7. The molecule has 9 atom stereocenters. The average molecular weight is 467 g/mol. The number of esters is 1. The first-order chi connectivity index (χ1) is 16.0. The highest BCUT2D eigenvalue weighted by atomic mass is 16.7. The van der Waals surface area contributed by atoms with Crippen LogP contribution in [0.15, 0.2) is 35.1 Å². The van der Waals surface area contributed by atoms with Crippen LogP contribution in [0.25, 0.3) is 0 Å². The molecule has 7 nitrogen and oxygen atoms in total. The van der Waals surface area contributed by atoms with Gasteiger partial charge >= 0.3 is 5.97 Å². The Hall–Kier alpha value is -2.25. The van der Waals surface area contributed by atoms with Gasteiger partial charge in [-0.3, -0.25) is 14.4 Å². The number of Topliss-reactive ketones (excluding diaryl/α,β-unsaturated/α-hetero) is 2. The summed E-state index contributed by atoms with van der Waals surface area (Å²) in [6.45, 7) is 9.66. The van der Waals surface area contributed by atoms with Crippen molar-refractivity contribution < 1.29 is 33.3 Å². The van der Waals surface area contributed by atoms with E-state index in [4.69, 9.17) is 18.9 Å². The van der Waals surface area contributed by atoms with Gasteiger partial charge in [0.1, 0.15) is 29.2 Å². The molecule has 7 aliphatic rings. The minimum absolute atomic E-state index is 0.115. The fourth-order valence-electron chi connectivity index (χ4n) is 8.27. The van der Waals surface area contributed by atoms with Crippen LogP contribution in [0, 0.1) is 29.1 Å². The van der Waals surface area contributed by atoms with Crippen LogP contribution in [0.3, 0.4) is 0 Å². The van der Waals surface area contributed by atoms with Crippen molar-refractivity contribution in [2.24, 2.45) is 29.1 Å². The first-order valence-corrected chi connectivity index (χ1v) is 12.4. The zero-order valence-electron chi connectivity index (χ0n) is 20.2. The van der Waals surface area contributed by atoms with Gasteiger partial charge in [0.25, 0.3) is 0 Å². The quantitative estimate of drug-likeness (QED) is 0.507. The van der Waals surface area contributed by atoms with E-state index >= 15 is 0 Å². The molecule has 4 saturated heterocycles. The van der Waals surface area contributed by atoms with E-state index in [0.29, 0.717) is 24.8 Å². The van der Waals surface area contributed by atoms with Gasteiger partial charge in [0.15, 0.2) is 0 Å². The van der Waals surface area contributed by atoms with E-state index < -0.39 is 46.4 Å². The Morgan fingerprint density at radius 2 is 1.68 bits per heavy atom. The molecule has 0 aromatic rings. The maximum Gasteiger partial charge on any atom is 0.311 e. The third-order valence-electron chi connectivity index (χ3n) is 10.00. The van der Waals surface area contributed by atoms with Crippen molar-refractivity contribution in [2.45, 2.75) is 83.1 Å². The summed E-state index contributed by atoms with van der Waals surface area (Å²) in [5, 5.41) is 0. The molecule has 0 radical (unpaired) electrons. The minimum atomic E-state index is -1.59. The van der Waals surface area contributed by atoms with Gasteiger partial charge in [0.2, 0.25) is 11.6 Å². The number of hydrogen-bond acceptors (Lipinski definition) is 7. The Kier molecular flexibility index (Phi) is 3.67. The normalized spacial score (nSPS) is 51.7. The second-order valence-electron chi connectivity index (χ2n) is 12.1. The molecule has 5 fully saturated rings. The smallest absolute Gasteiger partial charge is 0.311 e. The van der Waals surface area contributed by atoms with E-state index in [1.165, 1.54) is 0 Å². The van der Waals surface area contributed by atoms with Crippen molar-refractivity contribution in [2.75, 3.05) is 0 Å². The van der Waals surface area contributed by atoms with Crippen LogP contribution in [0.5, 0.6) is 0 Å². The van der Waals surface area contributed by atoms with Gasteiger partial charge in [-0.25, -0.2) is 0 Å². The van der Waals surface area contributed by atoms with Crippen LogP contribution in [-0.2, 0) is 33.3 Å². The molecule has 7 heteroatoms. The zero-order chi connectivity index (χ0) is 24.0. The lowest BCUT2D eigenvalue weighted by molar-refractivity contribution is -0.326.